The highest BCUT2D eigenvalue weighted by Crippen LogP contribution is 2.41. The molecule has 4 N–H and O–H groups in total. The van der Waals surface area contributed by atoms with Crippen LogP contribution in [0, 0.1) is 0 Å². The van der Waals surface area contributed by atoms with Gasteiger partial charge in [-0.3, -0.25) is 4.79 Å². The fourth-order valence-electron chi connectivity index (χ4n) is 3.34. The van der Waals surface area contributed by atoms with E-state index in [0.29, 0.717) is 5.56 Å². The predicted octanol–water partition coefficient (Wildman–Crippen LogP) is 2.28. The Hall–Kier alpha value is -2.86. The van der Waals surface area contributed by atoms with E-state index in [0.717, 1.165) is 6.07 Å². The van der Waals surface area contributed by atoms with Crippen LogP contribution in [0.5, 0.6) is 17.2 Å². The van der Waals surface area contributed by atoms with Crippen LogP contribution >= 0.6 is 0 Å². The van der Waals surface area contributed by atoms with Crippen LogP contribution in [0.4, 0.5) is 13.2 Å². The quantitative estimate of drug-likeness (QED) is 0.526. The molecule has 0 bridgehead atoms. The van der Waals surface area contributed by atoms with E-state index in [-0.39, 0.29) is 29.4 Å². The number of aliphatic hydroxyl groups is 3. The van der Waals surface area contributed by atoms with Gasteiger partial charge in [-0.05, 0) is 36.4 Å². The van der Waals surface area contributed by atoms with Gasteiger partial charge in [-0.1, -0.05) is 6.07 Å². The van der Waals surface area contributed by atoms with E-state index in [1.54, 1.807) is 18.2 Å². The number of carbonyl (C=O) groups excluding carboxylic acids is 1. The summed E-state index contributed by atoms with van der Waals surface area (Å²) in [6.45, 7) is -0.502. The number of rotatable bonds is 6. The van der Waals surface area contributed by atoms with E-state index in [4.69, 9.17) is 9.47 Å². The summed E-state index contributed by atoms with van der Waals surface area (Å²) < 4.78 is 54.0. The van der Waals surface area contributed by atoms with Crippen molar-refractivity contribution in [2.24, 2.45) is 0 Å². The number of alkyl halides is 3. The molecule has 0 spiro atoms. The van der Waals surface area contributed by atoms with Gasteiger partial charge in [-0.2, -0.15) is 0 Å². The molecule has 4 unspecified atom stereocenters. The SMILES string of the molecule is CNC(=O)c1cccc(Oc2ccc(OC(F)(F)F)c(C3OC(CO)CC(O)C3O)c2)c1. The normalized spacial score (nSPS) is 23.5. The number of hydrogen-bond donors (Lipinski definition) is 4. The summed E-state index contributed by atoms with van der Waals surface area (Å²) in [6.07, 6.45) is -10.3. The van der Waals surface area contributed by atoms with Gasteiger partial charge in [0.05, 0.1) is 18.8 Å². The van der Waals surface area contributed by atoms with Crippen molar-refractivity contribution in [3.8, 4) is 17.2 Å². The van der Waals surface area contributed by atoms with Crippen molar-refractivity contribution < 1.29 is 47.5 Å². The summed E-state index contributed by atoms with van der Waals surface area (Å²) in [6, 6.07) is 9.49. The second-order valence-electron chi connectivity index (χ2n) is 7.11. The minimum absolute atomic E-state index is 0.0694. The van der Waals surface area contributed by atoms with Crippen LogP contribution in [0.15, 0.2) is 42.5 Å². The van der Waals surface area contributed by atoms with Crippen LogP contribution in [-0.4, -0.2) is 59.6 Å². The van der Waals surface area contributed by atoms with Crippen LogP contribution in [0.3, 0.4) is 0 Å². The molecule has 8 nitrogen and oxygen atoms in total. The predicted molar refractivity (Wildman–Crippen MR) is 104 cm³/mol. The van der Waals surface area contributed by atoms with Crippen LogP contribution < -0.4 is 14.8 Å². The number of hydrogen-bond acceptors (Lipinski definition) is 7. The smallest absolute Gasteiger partial charge is 0.457 e. The third kappa shape index (κ3) is 5.68. The molecule has 1 amide bonds. The zero-order valence-corrected chi connectivity index (χ0v) is 16.9. The van der Waals surface area contributed by atoms with E-state index in [9.17, 15) is 33.3 Å². The first-order valence-electron chi connectivity index (χ1n) is 9.63. The highest BCUT2D eigenvalue weighted by Gasteiger charge is 2.41. The molecular weight excluding hydrogens is 435 g/mol. The Morgan fingerprint density at radius 1 is 1.19 bits per heavy atom. The molecule has 11 heteroatoms. The summed E-state index contributed by atoms with van der Waals surface area (Å²) in [5.74, 6) is -0.702. The van der Waals surface area contributed by atoms with Crippen molar-refractivity contribution >= 4 is 5.91 Å². The molecular formula is C21H22F3NO7. The third-order valence-corrected chi connectivity index (χ3v) is 4.82. The lowest BCUT2D eigenvalue weighted by atomic mass is 9.92. The number of carbonyl (C=O) groups is 1. The minimum atomic E-state index is -5.02. The fraction of sp³-hybridized carbons (Fsp3) is 0.381. The van der Waals surface area contributed by atoms with E-state index < -0.39 is 43.1 Å². The first-order chi connectivity index (χ1) is 15.1. The Labute approximate surface area is 181 Å². The molecule has 1 aliphatic rings. The van der Waals surface area contributed by atoms with Gasteiger partial charge in [-0.25, -0.2) is 0 Å². The lowest BCUT2D eigenvalue weighted by Crippen LogP contribution is -2.44. The lowest BCUT2D eigenvalue weighted by Gasteiger charge is -2.37. The average molecular weight is 457 g/mol. The van der Waals surface area contributed by atoms with Gasteiger partial charge < -0.3 is 34.8 Å². The van der Waals surface area contributed by atoms with Gasteiger partial charge in [0.15, 0.2) is 0 Å². The van der Waals surface area contributed by atoms with Gasteiger partial charge in [-0.15, -0.1) is 13.2 Å². The van der Waals surface area contributed by atoms with Gasteiger partial charge in [0.1, 0.15) is 29.5 Å². The molecule has 0 aromatic heterocycles. The maximum atomic E-state index is 12.9. The van der Waals surface area contributed by atoms with Crippen LogP contribution in [0.1, 0.15) is 28.4 Å². The average Bonchev–Trinajstić information content (AvgIpc) is 2.75. The van der Waals surface area contributed by atoms with Crippen molar-refractivity contribution in [1.82, 2.24) is 5.32 Å². The minimum Gasteiger partial charge on any atom is -0.457 e. The highest BCUT2D eigenvalue weighted by atomic mass is 19.4. The third-order valence-electron chi connectivity index (χ3n) is 4.82. The molecule has 1 fully saturated rings. The first-order valence-corrected chi connectivity index (χ1v) is 9.63. The molecule has 1 heterocycles. The van der Waals surface area contributed by atoms with Crippen molar-refractivity contribution in [2.75, 3.05) is 13.7 Å². The number of nitrogens with one attached hydrogen (secondary N) is 1. The highest BCUT2D eigenvalue weighted by molar-refractivity contribution is 5.94. The number of aliphatic hydroxyl groups excluding tert-OH is 3. The van der Waals surface area contributed by atoms with Crippen LogP contribution in [-0.2, 0) is 4.74 Å². The molecule has 0 saturated carbocycles. The van der Waals surface area contributed by atoms with Gasteiger partial charge in [0.25, 0.3) is 5.91 Å². The zero-order valence-electron chi connectivity index (χ0n) is 16.9. The largest absolute Gasteiger partial charge is 0.573 e. The zero-order chi connectivity index (χ0) is 23.5. The van der Waals surface area contributed by atoms with E-state index in [1.165, 1.54) is 25.2 Å². The van der Waals surface area contributed by atoms with Crippen LogP contribution in [0.2, 0.25) is 0 Å². The number of amides is 1. The van der Waals surface area contributed by atoms with E-state index in [1.807, 2.05) is 0 Å². The molecule has 32 heavy (non-hydrogen) atoms. The molecule has 1 aliphatic heterocycles. The molecule has 1 saturated heterocycles. The monoisotopic (exact) mass is 457 g/mol. The van der Waals surface area contributed by atoms with Crippen molar-refractivity contribution in [2.45, 2.75) is 37.2 Å². The number of ether oxygens (including phenoxy) is 3. The van der Waals surface area contributed by atoms with Gasteiger partial charge in [0.2, 0.25) is 0 Å². The topological polar surface area (TPSA) is 117 Å². The van der Waals surface area contributed by atoms with E-state index in [2.05, 4.69) is 10.1 Å². The molecule has 4 atom stereocenters. The molecule has 0 aliphatic carbocycles. The Kier molecular flexibility index (Phi) is 7.24. The molecule has 174 valence electrons. The van der Waals surface area contributed by atoms with E-state index >= 15 is 0 Å². The number of benzene rings is 2. The van der Waals surface area contributed by atoms with Crippen LogP contribution in [0.25, 0.3) is 0 Å². The van der Waals surface area contributed by atoms with Gasteiger partial charge >= 0.3 is 6.36 Å². The first kappa shape index (κ1) is 23.8. The molecule has 2 aromatic rings. The molecule has 0 radical (unpaired) electrons. The van der Waals surface area contributed by atoms with Crippen molar-refractivity contribution in [1.29, 1.82) is 0 Å². The maximum Gasteiger partial charge on any atom is 0.573 e. The molecule has 3 rings (SSSR count). The van der Waals surface area contributed by atoms with Crippen molar-refractivity contribution in [3.63, 3.8) is 0 Å². The number of halogens is 3. The Morgan fingerprint density at radius 3 is 2.56 bits per heavy atom. The molecule has 2 aromatic carbocycles. The summed E-state index contributed by atoms with van der Waals surface area (Å²) in [4.78, 5) is 11.8. The van der Waals surface area contributed by atoms with Crippen molar-refractivity contribution in [3.05, 3.63) is 53.6 Å². The second kappa shape index (κ2) is 9.74. The lowest BCUT2D eigenvalue weighted by molar-refractivity contribution is -0.275. The summed E-state index contributed by atoms with van der Waals surface area (Å²) in [7, 11) is 1.46. The summed E-state index contributed by atoms with van der Waals surface area (Å²) in [5.41, 5.74) is 0.0779. The Bertz CT molecular complexity index is 953. The summed E-state index contributed by atoms with van der Waals surface area (Å²) in [5, 5.41) is 32.3. The second-order valence-corrected chi connectivity index (χ2v) is 7.11. The Morgan fingerprint density at radius 2 is 1.91 bits per heavy atom. The summed E-state index contributed by atoms with van der Waals surface area (Å²) >= 11 is 0. The fourth-order valence-corrected chi connectivity index (χ4v) is 3.34. The van der Waals surface area contributed by atoms with Gasteiger partial charge in [0, 0.05) is 24.6 Å². The maximum absolute atomic E-state index is 12.9. The standard InChI is InChI=1S/C21H22F3NO7/c1-25-20(29)11-3-2-4-12(7-11)30-13-5-6-17(32-21(22,23)24)15(8-13)19-18(28)16(27)9-14(10-26)31-19/h2-8,14,16,18-19,26-28H,9-10H2,1H3,(H,25,29). The Balaban J connectivity index is 1.97.